The van der Waals surface area contributed by atoms with Gasteiger partial charge in [-0.15, -0.1) is 0 Å². The molecular weight excluding hydrogens is 330 g/mol. The van der Waals surface area contributed by atoms with Crippen LogP contribution in [0.3, 0.4) is 0 Å². The summed E-state index contributed by atoms with van der Waals surface area (Å²) in [5, 5.41) is 13.4. The summed E-state index contributed by atoms with van der Waals surface area (Å²) in [6.07, 6.45) is 1.82. The van der Waals surface area contributed by atoms with E-state index in [1.165, 1.54) is 0 Å². The highest BCUT2D eigenvalue weighted by atomic mass is 16.2. The predicted molar refractivity (Wildman–Crippen MR) is 98.5 cm³/mol. The van der Waals surface area contributed by atoms with Crippen LogP contribution < -0.4 is 16.2 Å². The fourth-order valence-electron chi connectivity index (χ4n) is 4.30. The number of carbonyl (C=O) groups excluding carboxylic acids is 1. The number of piperidine rings is 1. The summed E-state index contributed by atoms with van der Waals surface area (Å²) in [5.74, 6) is 0.557. The lowest BCUT2D eigenvalue weighted by Crippen LogP contribution is -2.46. The number of aromatic amines is 1. The Labute approximate surface area is 152 Å². The Morgan fingerprint density at radius 3 is 2.96 bits per heavy atom. The molecule has 1 fully saturated rings. The molecule has 0 aromatic carbocycles. The summed E-state index contributed by atoms with van der Waals surface area (Å²) >= 11 is 0. The molecule has 1 saturated heterocycles. The van der Waals surface area contributed by atoms with Gasteiger partial charge in [0.2, 0.25) is 0 Å². The van der Waals surface area contributed by atoms with Crippen molar-refractivity contribution in [3.63, 3.8) is 0 Å². The van der Waals surface area contributed by atoms with Gasteiger partial charge in [-0.2, -0.15) is 5.10 Å². The minimum absolute atomic E-state index is 0.160. The Balaban J connectivity index is 1.49. The van der Waals surface area contributed by atoms with Crippen LogP contribution in [0.15, 0.2) is 16.9 Å². The smallest absolute Gasteiger partial charge is 0.263 e. The second-order valence-electron chi connectivity index (χ2n) is 7.46. The van der Waals surface area contributed by atoms with E-state index >= 15 is 0 Å². The second-order valence-corrected chi connectivity index (χ2v) is 7.46. The molecule has 2 aromatic rings. The number of fused-ring (bicyclic) bond motifs is 4. The van der Waals surface area contributed by atoms with E-state index in [9.17, 15) is 9.59 Å². The summed E-state index contributed by atoms with van der Waals surface area (Å²) in [6.45, 7) is 6.96. The number of amides is 1. The van der Waals surface area contributed by atoms with Crippen molar-refractivity contribution >= 4 is 5.91 Å². The maximum Gasteiger partial charge on any atom is 0.263 e. The van der Waals surface area contributed by atoms with Crippen molar-refractivity contribution in [2.45, 2.75) is 39.2 Å². The Kier molecular flexibility index (Phi) is 4.40. The zero-order chi connectivity index (χ0) is 18.3. The fourth-order valence-corrected chi connectivity index (χ4v) is 4.30. The van der Waals surface area contributed by atoms with Crippen LogP contribution in [0.5, 0.6) is 0 Å². The normalized spacial score (nSPS) is 21.3. The zero-order valence-corrected chi connectivity index (χ0v) is 15.3. The summed E-state index contributed by atoms with van der Waals surface area (Å²) in [5.41, 5.74) is 4.22. The average Bonchev–Trinajstić information content (AvgIpc) is 2.95. The molecule has 0 aliphatic carbocycles. The van der Waals surface area contributed by atoms with Crippen molar-refractivity contribution in [2.75, 3.05) is 19.6 Å². The third-order valence-electron chi connectivity index (χ3n) is 5.69. The second kappa shape index (κ2) is 6.72. The number of H-pyrrole nitrogens is 1. The molecule has 2 aliphatic heterocycles. The van der Waals surface area contributed by atoms with Crippen molar-refractivity contribution in [2.24, 2.45) is 5.92 Å². The van der Waals surface area contributed by atoms with E-state index in [0.29, 0.717) is 31.3 Å². The topological polar surface area (TPSA) is 91.8 Å². The van der Waals surface area contributed by atoms with Gasteiger partial charge in [-0.05, 0) is 56.8 Å². The Hall–Kier alpha value is -2.41. The van der Waals surface area contributed by atoms with E-state index in [4.69, 9.17) is 0 Å². The minimum atomic E-state index is -0.294. The van der Waals surface area contributed by atoms with Crippen LogP contribution in [0, 0.1) is 19.8 Å². The molecule has 2 bridgehead atoms. The van der Waals surface area contributed by atoms with Crippen molar-refractivity contribution in [1.82, 2.24) is 25.4 Å². The van der Waals surface area contributed by atoms with Gasteiger partial charge in [0.25, 0.3) is 11.5 Å². The monoisotopic (exact) mass is 355 g/mol. The highest BCUT2D eigenvalue weighted by Crippen LogP contribution is 2.31. The molecule has 2 atom stereocenters. The summed E-state index contributed by atoms with van der Waals surface area (Å²) < 4.78 is 1.82. The van der Waals surface area contributed by atoms with Gasteiger partial charge in [0.1, 0.15) is 5.56 Å². The molecule has 4 heterocycles. The lowest BCUT2D eigenvalue weighted by molar-refractivity contribution is 0.0951. The number of aromatic nitrogens is 3. The number of nitrogens with zero attached hydrogens (tertiary/aromatic N) is 2. The van der Waals surface area contributed by atoms with E-state index < -0.39 is 0 Å². The van der Waals surface area contributed by atoms with Gasteiger partial charge in [-0.1, -0.05) is 0 Å². The van der Waals surface area contributed by atoms with Crippen molar-refractivity contribution < 1.29 is 4.79 Å². The molecule has 138 valence electrons. The molecule has 26 heavy (non-hydrogen) atoms. The highest BCUT2D eigenvalue weighted by molar-refractivity contribution is 5.93. The van der Waals surface area contributed by atoms with Crippen LogP contribution in [-0.4, -0.2) is 40.3 Å². The van der Waals surface area contributed by atoms with Crippen LogP contribution >= 0.6 is 0 Å². The fraction of sp³-hybridized carbons (Fsp3) is 0.526. The van der Waals surface area contributed by atoms with E-state index in [-0.39, 0.29) is 17.0 Å². The summed E-state index contributed by atoms with van der Waals surface area (Å²) in [7, 11) is 0. The average molecular weight is 355 g/mol. The first kappa shape index (κ1) is 17.0. The predicted octanol–water partition coefficient (Wildman–Crippen LogP) is 0.867. The molecule has 0 radical (unpaired) electrons. The van der Waals surface area contributed by atoms with Crippen molar-refractivity contribution in [1.29, 1.82) is 0 Å². The van der Waals surface area contributed by atoms with Crippen LogP contribution in [0.2, 0.25) is 0 Å². The number of hydrogen-bond donors (Lipinski definition) is 3. The van der Waals surface area contributed by atoms with E-state index in [1.54, 1.807) is 6.07 Å². The summed E-state index contributed by atoms with van der Waals surface area (Å²) in [6, 6.07) is 3.64. The molecular formula is C19H25N5O2. The number of nitrogens with one attached hydrogen (secondary N) is 3. The molecule has 2 aromatic heterocycles. The number of carbonyl (C=O) groups is 1. The molecule has 7 heteroatoms. The maximum atomic E-state index is 12.9. The van der Waals surface area contributed by atoms with Crippen LogP contribution in [-0.2, 0) is 13.0 Å². The Bertz CT molecular complexity index is 878. The third kappa shape index (κ3) is 2.96. The zero-order valence-electron chi connectivity index (χ0n) is 15.3. The van der Waals surface area contributed by atoms with Crippen molar-refractivity contribution in [3.8, 4) is 0 Å². The number of aryl methyl sites for hydroxylation is 2. The van der Waals surface area contributed by atoms with Gasteiger partial charge in [-0.25, -0.2) is 0 Å². The Morgan fingerprint density at radius 2 is 2.19 bits per heavy atom. The Morgan fingerprint density at radius 1 is 1.35 bits per heavy atom. The molecule has 7 nitrogen and oxygen atoms in total. The standard InChI is InChI=1S/C19H25N5O2/c1-11-15(12(2)23-22-11)5-6-21-18(25)16-3-4-17-14-7-13(8-20-9-14)10-24(17)19(16)26/h3-4,13-14,20H,5-10H2,1-2H3,(H,21,25)(H,22,23)/t13-,14+/m0/s1. The molecule has 3 N–H and O–H groups in total. The molecule has 1 amide bonds. The number of hydrogen-bond acceptors (Lipinski definition) is 4. The minimum Gasteiger partial charge on any atom is -0.352 e. The molecule has 0 spiro atoms. The van der Waals surface area contributed by atoms with Crippen LogP contribution in [0.4, 0.5) is 0 Å². The van der Waals surface area contributed by atoms with Crippen LogP contribution in [0.1, 0.15) is 45.3 Å². The van der Waals surface area contributed by atoms with Gasteiger partial charge in [0, 0.05) is 36.9 Å². The summed E-state index contributed by atoms with van der Waals surface area (Å²) in [4.78, 5) is 25.4. The molecule has 4 rings (SSSR count). The first-order valence-corrected chi connectivity index (χ1v) is 9.27. The molecule has 0 saturated carbocycles. The molecule has 2 aliphatic rings. The van der Waals surface area contributed by atoms with Gasteiger partial charge in [-0.3, -0.25) is 14.7 Å². The van der Waals surface area contributed by atoms with E-state index in [1.807, 2.05) is 24.5 Å². The largest absolute Gasteiger partial charge is 0.352 e. The SMILES string of the molecule is Cc1n[nH]c(C)c1CCNC(=O)c1ccc2n(c1=O)C[C@@H]1CNC[C@H]2C1. The highest BCUT2D eigenvalue weighted by Gasteiger charge is 2.31. The first-order valence-electron chi connectivity index (χ1n) is 9.27. The maximum absolute atomic E-state index is 12.9. The lowest BCUT2D eigenvalue weighted by Gasteiger charge is -2.37. The van der Waals surface area contributed by atoms with Crippen LogP contribution in [0.25, 0.3) is 0 Å². The lowest BCUT2D eigenvalue weighted by atomic mass is 9.84. The van der Waals surface area contributed by atoms with Crippen molar-refractivity contribution in [3.05, 3.63) is 50.7 Å². The first-order chi connectivity index (χ1) is 12.5. The van der Waals surface area contributed by atoms with E-state index in [0.717, 1.165) is 42.2 Å². The van der Waals surface area contributed by atoms with Gasteiger partial charge in [0.05, 0.1) is 5.69 Å². The quantitative estimate of drug-likeness (QED) is 0.759. The third-order valence-corrected chi connectivity index (χ3v) is 5.69. The number of rotatable bonds is 4. The van der Waals surface area contributed by atoms with Gasteiger partial charge < -0.3 is 15.2 Å². The number of pyridine rings is 1. The van der Waals surface area contributed by atoms with Gasteiger partial charge >= 0.3 is 0 Å². The van der Waals surface area contributed by atoms with E-state index in [2.05, 4.69) is 20.8 Å². The van der Waals surface area contributed by atoms with Gasteiger partial charge in [0.15, 0.2) is 0 Å². The molecule has 0 unspecified atom stereocenters.